The maximum Gasteiger partial charge on any atom is 0.331 e. The van der Waals surface area contributed by atoms with Gasteiger partial charge in [0, 0.05) is 27.2 Å². The third-order valence-corrected chi connectivity index (χ3v) is 3.05. The molecule has 2 aromatic rings. The van der Waals surface area contributed by atoms with Crippen molar-refractivity contribution in [2.75, 3.05) is 14.1 Å². The van der Waals surface area contributed by atoms with Gasteiger partial charge in [-0.3, -0.25) is 13.9 Å². The van der Waals surface area contributed by atoms with Gasteiger partial charge in [0.2, 0.25) is 0 Å². The van der Waals surface area contributed by atoms with Crippen molar-refractivity contribution in [2.45, 2.75) is 6.54 Å². The van der Waals surface area contributed by atoms with Crippen LogP contribution in [0.5, 0.6) is 0 Å². The first-order chi connectivity index (χ1) is 9.99. The van der Waals surface area contributed by atoms with Crippen molar-refractivity contribution < 1.29 is 0 Å². The molecule has 0 saturated carbocycles. The SMILES string of the molecule is CN(C)/N=C/c1cc(=O)n(Cc2ccccc2)c(=O)n1C. The van der Waals surface area contributed by atoms with Gasteiger partial charge >= 0.3 is 5.69 Å². The lowest BCUT2D eigenvalue weighted by molar-refractivity contribution is 0.440. The first-order valence-electron chi connectivity index (χ1n) is 6.55. The van der Waals surface area contributed by atoms with Gasteiger partial charge in [-0.2, -0.15) is 5.10 Å². The van der Waals surface area contributed by atoms with Gasteiger partial charge in [0.15, 0.2) is 0 Å². The second-order valence-corrected chi connectivity index (χ2v) is 4.91. The average Bonchev–Trinajstić information content (AvgIpc) is 2.47. The molecule has 2 rings (SSSR count). The third kappa shape index (κ3) is 3.47. The zero-order valence-corrected chi connectivity index (χ0v) is 12.4. The Bertz CT molecular complexity index is 757. The molecule has 0 N–H and O–H groups in total. The molecule has 1 aromatic heterocycles. The van der Waals surface area contributed by atoms with Crippen LogP contribution in [-0.4, -0.2) is 34.5 Å². The second-order valence-electron chi connectivity index (χ2n) is 4.91. The Morgan fingerprint density at radius 2 is 1.86 bits per heavy atom. The van der Waals surface area contributed by atoms with Crippen LogP contribution >= 0.6 is 0 Å². The normalized spacial score (nSPS) is 11.0. The molecule has 0 fully saturated rings. The van der Waals surface area contributed by atoms with Crippen LogP contribution in [0.25, 0.3) is 0 Å². The Kier molecular flexibility index (Phi) is 4.37. The molecular weight excluding hydrogens is 268 g/mol. The largest absolute Gasteiger partial charge is 0.331 e. The summed E-state index contributed by atoms with van der Waals surface area (Å²) in [7, 11) is 5.16. The van der Waals surface area contributed by atoms with Crippen molar-refractivity contribution in [3.8, 4) is 0 Å². The molecule has 0 unspecified atom stereocenters. The Morgan fingerprint density at radius 1 is 1.19 bits per heavy atom. The van der Waals surface area contributed by atoms with E-state index in [0.29, 0.717) is 5.69 Å². The predicted molar refractivity (Wildman–Crippen MR) is 82.8 cm³/mol. The topological polar surface area (TPSA) is 59.6 Å². The van der Waals surface area contributed by atoms with Crippen LogP contribution in [0, 0.1) is 0 Å². The lowest BCUT2D eigenvalue weighted by Crippen LogP contribution is -2.40. The lowest BCUT2D eigenvalue weighted by Gasteiger charge is -2.10. The van der Waals surface area contributed by atoms with Crippen molar-refractivity contribution in [1.82, 2.24) is 14.1 Å². The molecule has 0 saturated heterocycles. The van der Waals surface area contributed by atoms with E-state index in [1.165, 1.54) is 21.4 Å². The minimum atomic E-state index is -0.355. The lowest BCUT2D eigenvalue weighted by atomic mass is 10.2. The van der Waals surface area contributed by atoms with E-state index in [-0.39, 0.29) is 17.8 Å². The highest BCUT2D eigenvalue weighted by molar-refractivity contribution is 5.76. The molecule has 1 heterocycles. The molecule has 0 atom stereocenters. The molecule has 0 aliphatic heterocycles. The van der Waals surface area contributed by atoms with E-state index >= 15 is 0 Å². The summed E-state index contributed by atoms with van der Waals surface area (Å²) in [5.41, 5.74) is 0.697. The first-order valence-corrected chi connectivity index (χ1v) is 6.55. The number of aromatic nitrogens is 2. The van der Waals surface area contributed by atoms with E-state index in [4.69, 9.17) is 0 Å². The van der Waals surface area contributed by atoms with Gasteiger partial charge in [0.05, 0.1) is 18.5 Å². The van der Waals surface area contributed by atoms with Crippen LogP contribution in [0.3, 0.4) is 0 Å². The highest BCUT2D eigenvalue weighted by atomic mass is 16.2. The molecule has 1 aromatic carbocycles. The maximum atomic E-state index is 12.3. The molecule has 0 aliphatic carbocycles. The van der Waals surface area contributed by atoms with Crippen LogP contribution in [0.15, 0.2) is 51.1 Å². The van der Waals surface area contributed by atoms with Crippen LogP contribution in [0.4, 0.5) is 0 Å². The van der Waals surface area contributed by atoms with Gasteiger partial charge in [0.1, 0.15) is 0 Å². The molecular formula is C15H18N4O2. The number of hydrazone groups is 1. The number of nitrogens with zero attached hydrogens (tertiary/aromatic N) is 4. The third-order valence-electron chi connectivity index (χ3n) is 3.05. The highest BCUT2D eigenvalue weighted by Gasteiger charge is 2.08. The quantitative estimate of drug-likeness (QED) is 0.607. The van der Waals surface area contributed by atoms with Crippen molar-refractivity contribution in [2.24, 2.45) is 12.1 Å². The van der Waals surface area contributed by atoms with Gasteiger partial charge in [-0.1, -0.05) is 30.3 Å². The predicted octanol–water partition coefficient (Wildman–Crippen LogP) is 0.491. The van der Waals surface area contributed by atoms with Gasteiger partial charge < -0.3 is 5.01 Å². The minimum absolute atomic E-state index is 0.261. The molecule has 0 radical (unpaired) electrons. The maximum absolute atomic E-state index is 12.3. The summed E-state index contributed by atoms with van der Waals surface area (Å²) < 4.78 is 2.62. The Labute approximate surface area is 122 Å². The van der Waals surface area contributed by atoms with E-state index < -0.39 is 0 Å². The summed E-state index contributed by atoms with van der Waals surface area (Å²) in [6, 6.07) is 10.8. The fourth-order valence-corrected chi connectivity index (χ4v) is 1.90. The zero-order chi connectivity index (χ0) is 15.4. The summed E-state index contributed by atoms with van der Waals surface area (Å²) >= 11 is 0. The Morgan fingerprint density at radius 3 is 2.48 bits per heavy atom. The summed E-state index contributed by atoms with van der Waals surface area (Å²) in [5.74, 6) is 0. The summed E-state index contributed by atoms with van der Waals surface area (Å²) in [6.07, 6.45) is 1.50. The van der Waals surface area contributed by atoms with E-state index in [1.54, 1.807) is 26.2 Å². The van der Waals surface area contributed by atoms with Crippen LogP contribution in [0.2, 0.25) is 0 Å². The molecule has 0 spiro atoms. The molecule has 6 nitrogen and oxygen atoms in total. The smallest absolute Gasteiger partial charge is 0.303 e. The summed E-state index contributed by atoms with van der Waals surface area (Å²) in [5, 5.41) is 5.65. The zero-order valence-electron chi connectivity index (χ0n) is 12.4. The fourth-order valence-electron chi connectivity index (χ4n) is 1.90. The van der Waals surface area contributed by atoms with Gasteiger partial charge in [-0.15, -0.1) is 0 Å². The highest BCUT2D eigenvalue weighted by Crippen LogP contribution is 1.99. The molecule has 0 amide bonds. The van der Waals surface area contributed by atoms with Gasteiger partial charge in [0.25, 0.3) is 5.56 Å². The van der Waals surface area contributed by atoms with Gasteiger partial charge in [-0.05, 0) is 5.56 Å². The average molecular weight is 286 g/mol. The number of benzene rings is 1. The number of rotatable bonds is 4. The van der Waals surface area contributed by atoms with Crippen LogP contribution in [-0.2, 0) is 13.6 Å². The van der Waals surface area contributed by atoms with E-state index in [9.17, 15) is 9.59 Å². The monoisotopic (exact) mass is 286 g/mol. The van der Waals surface area contributed by atoms with Crippen molar-refractivity contribution in [1.29, 1.82) is 0 Å². The first kappa shape index (κ1) is 14.8. The Hall–Kier alpha value is -2.63. The number of hydrogen-bond donors (Lipinski definition) is 0. The van der Waals surface area contributed by atoms with Crippen LogP contribution < -0.4 is 11.2 Å². The van der Waals surface area contributed by atoms with Crippen molar-refractivity contribution in [3.63, 3.8) is 0 Å². The van der Waals surface area contributed by atoms with E-state index in [1.807, 2.05) is 30.3 Å². The van der Waals surface area contributed by atoms with Crippen LogP contribution in [0.1, 0.15) is 11.3 Å². The van der Waals surface area contributed by atoms with Gasteiger partial charge in [-0.25, -0.2) is 4.79 Å². The standard InChI is InChI=1S/C15H18N4O2/c1-17(2)16-10-13-9-14(20)19(15(21)18(13)3)11-12-7-5-4-6-8-12/h4-10H,11H2,1-3H3/b16-10+. The molecule has 21 heavy (non-hydrogen) atoms. The summed E-state index contributed by atoms with van der Waals surface area (Å²) in [6.45, 7) is 0.261. The van der Waals surface area contributed by atoms with Crippen molar-refractivity contribution >= 4 is 6.21 Å². The Balaban J connectivity index is 2.44. The fraction of sp³-hybridized carbons (Fsp3) is 0.267. The van der Waals surface area contributed by atoms with E-state index in [2.05, 4.69) is 5.10 Å². The van der Waals surface area contributed by atoms with E-state index in [0.717, 1.165) is 5.56 Å². The molecule has 0 aliphatic rings. The minimum Gasteiger partial charge on any atom is -0.303 e. The second kappa shape index (κ2) is 6.21. The summed E-state index contributed by atoms with van der Waals surface area (Å²) in [4.78, 5) is 24.4. The number of hydrogen-bond acceptors (Lipinski definition) is 4. The van der Waals surface area contributed by atoms with Crippen molar-refractivity contribution in [3.05, 3.63) is 68.5 Å². The molecule has 6 heteroatoms. The molecule has 110 valence electrons. The molecule has 0 bridgehead atoms.